The van der Waals surface area contributed by atoms with Crippen molar-refractivity contribution in [3.05, 3.63) is 0 Å². The second-order valence-electron chi connectivity index (χ2n) is 4.83. The Hall–Kier alpha value is -1.24. The molecule has 1 heterocycles. The number of rotatable bonds is 7. The number of ether oxygens (including phenoxy) is 1. The van der Waals surface area contributed by atoms with Crippen LogP contribution >= 0.6 is 11.8 Å². The normalized spacial score (nSPS) is 17.2. The number of carboxylic acids is 1. The van der Waals surface area contributed by atoms with Crippen LogP contribution in [-0.2, 0) is 19.1 Å². The monoisotopic (exact) mass is 303 g/mol. The molecular weight excluding hydrogens is 282 g/mol. The third-order valence-electron chi connectivity index (χ3n) is 3.31. The predicted octanol–water partition coefficient (Wildman–Crippen LogP) is 1.04. The number of methoxy groups -OCH3 is 1. The number of carboxylic acid groups (broad SMARTS) is 1. The standard InChI is InChI=1S/C13H21NO5S/c1-19-12(16)3-2-10(13(17)18)14-11(15)8-9-4-6-20-7-5-9/h9-10H,2-8H2,1H3,(H,14,15)(H,17,18)/t10-/m0/s1. The summed E-state index contributed by atoms with van der Waals surface area (Å²) < 4.78 is 4.46. The van der Waals surface area contributed by atoms with E-state index in [9.17, 15) is 14.4 Å². The zero-order valence-electron chi connectivity index (χ0n) is 11.6. The maximum Gasteiger partial charge on any atom is 0.326 e. The first-order valence-corrected chi connectivity index (χ1v) is 7.85. The van der Waals surface area contributed by atoms with Crippen molar-refractivity contribution in [3.63, 3.8) is 0 Å². The Morgan fingerprint density at radius 3 is 2.55 bits per heavy atom. The molecule has 20 heavy (non-hydrogen) atoms. The summed E-state index contributed by atoms with van der Waals surface area (Å²) in [7, 11) is 1.25. The van der Waals surface area contributed by atoms with Gasteiger partial charge >= 0.3 is 11.9 Å². The molecule has 0 unspecified atom stereocenters. The van der Waals surface area contributed by atoms with Gasteiger partial charge in [0, 0.05) is 12.8 Å². The third-order valence-corrected chi connectivity index (χ3v) is 4.36. The van der Waals surface area contributed by atoms with Gasteiger partial charge in [-0.05, 0) is 36.7 Å². The average Bonchev–Trinajstić information content (AvgIpc) is 2.43. The van der Waals surface area contributed by atoms with Crippen LogP contribution in [0.3, 0.4) is 0 Å². The molecule has 0 aromatic rings. The maximum atomic E-state index is 11.8. The highest BCUT2D eigenvalue weighted by Crippen LogP contribution is 2.25. The van der Waals surface area contributed by atoms with Crippen molar-refractivity contribution in [3.8, 4) is 0 Å². The predicted molar refractivity (Wildman–Crippen MR) is 75.5 cm³/mol. The molecule has 6 nitrogen and oxygen atoms in total. The van der Waals surface area contributed by atoms with E-state index in [1.807, 2.05) is 11.8 Å². The molecule has 1 atom stereocenters. The summed E-state index contributed by atoms with van der Waals surface area (Å²) in [5.41, 5.74) is 0. The first kappa shape index (κ1) is 16.8. The van der Waals surface area contributed by atoms with Crippen molar-refractivity contribution in [1.29, 1.82) is 0 Å². The van der Waals surface area contributed by atoms with Gasteiger partial charge in [-0.25, -0.2) is 4.79 Å². The average molecular weight is 303 g/mol. The van der Waals surface area contributed by atoms with Crippen LogP contribution < -0.4 is 5.32 Å². The van der Waals surface area contributed by atoms with Crippen LogP contribution in [0.1, 0.15) is 32.1 Å². The molecule has 0 saturated carbocycles. The highest BCUT2D eigenvalue weighted by atomic mass is 32.2. The molecule has 0 aromatic heterocycles. The molecule has 1 amide bonds. The van der Waals surface area contributed by atoms with E-state index in [1.165, 1.54) is 7.11 Å². The minimum atomic E-state index is -1.12. The lowest BCUT2D eigenvalue weighted by Gasteiger charge is -2.21. The quantitative estimate of drug-likeness (QED) is 0.683. The van der Waals surface area contributed by atoms with E-state index < -0.39 is 18.0 Å². The topological polar surface area (TPSA) is 92.7 Å². The highest BCUT2D eigenvalue weighted by molar-refractivity contribution is 7.99. The van der Waals surface area contributed by atoms with Gasteiger partial charge in [-0.2, -0.15) is 11.8 Å². The molecule has 0 aliphatic carbocycles. The van der Waals surface area contributed by atoms with Crippen LogP contribution in [0.15, 0.2) is 0 Å². The molecule has 0 spiro atoms. The van der Waals surface area contributed by atoms with Crippen molar-refractivity contribution in [2.45, 2.75) is 38.1 Å². The number of hydrogen-bond acceptors (Lipinski definition) is 5. The van der Waals surface area contributed by atoms with Gasteiger partial charge in [0.15, 0.2) is 0 Å². The Labute approximate surface area is 122 Å². The number of hydrogen-bond donors (Lipinski definition) is 2. The first-order chi connectivity index (χ1) is 9.52. The zero-order chi connectivity index (χ0) is 15.0. The Morgan fingerprint density at radius 1 is 1.35 bits per heavy atom. The summed E-state index contributed by atoms with van der Waals surface area (Å²) in [6, 6.07) is -1.03. The second kappa shape index (κ2) is 8.84. The number of carbonyl (C=O) groups is 3. The molecule has 7 heteroatoms. The summed E-state index contributed by atoms with van der Waals surface area (Å²) >= 11 is 1.88. The van der Waals surface area contributed by atoms with Crippen molar-refractivity contribution in [2.75, 3.05) is 18.6 Å². The SMILES string of the molecule is COC(=O)CC[C@H](NC(=O)CC1CCSCC1)C(=O)O. The Balaban J connectivity index is 2.37. The molecule has 1 aliphatic rings. The number of amides is 1. The molecule has 0 radical (unpaired) electrons. The fraction of sp³-hybridized carbons (Fsp3) is 0.769. The summed E-state index contributed by atoms with van der Waals surface area (Å²) in [6.07, 6.45) is 2.39. The van der Waals surface area contributed by atoms with E-state index in [0.29, 0.717) is 12.3 Å². The molecule has 1 fully saturated rings. The van der Waals surface area contributed by atoms with Crippen LogP contribution in [0.25, 0.3) is 0 Å². The van der Waals surface area contributed by atoms with E-state index >= 15 is 0 Å². The van der Waals surface area contributed by atoms with Crippen LogP contribution in [0.4, 0.5) is 0 Å². The minimum absolute atomic E-state index is 0.0200. The van der Waals surface area contributed by atoms with Gasteiger partial charge in [-0.15, -0.1) is 0 Å². The van der Waals surface area contributed by atoms with E-state index in [2.05, 4.69) is 10.1 Å². The van der Waals surface area contributed by atoms with Crippen LogP contribution in [0.2, 0.25) is 0 Å². The first-order valence-electron chi connectivity index (χ1n) is 6.69. The van der Waals surface area contributed by atoms with Gasteiger partial charge in [-0.1, -0.05) is 0 Å². The lowest BCUT2D eigenvalue weighted by atomic mass is 9.98. The smallest absolute Gasteiger partial charge is 0.326 e. The van der Waals surface area contributed by atoms with Gasteiger partial charge in [0.05, 0.1) is 7.11 Å². The van der Waals surface area contributed by atoms with Crippen LogP contribution in [-0.4, -0.2) is 47.6 Å². The van der Waals surface area contributed by atoms with Crippen LogP contribution in [0, 0.1) is 5.92 Å². The fourth-order valence-corrected chi connectivity index (χ4v) is 3.29. The largest absolute Gasteiger partial charge is 0.480 e. The van der Waals surface area contributed by atoms with Gasteiger partial charge < -0.3 is 15.2 Å². The van der Waals surface area contributed by atoms with Gasteiger partial charge in [0.1, 0.15) is 6.04 Å². The highest BCUT2D eigenvalue weighted by Gasteiger charge is 2.23. The van der Waals surface area contributed by atoms with Crippen molar-refractivity contribution in [2.24, 2.45) is 5.92 Å². The summed E-state index contributed by atoms with van der Waals surface area (Å²) in [5.74, 6) is 0.604. The van der Waals surface area contributed by atoms with Crippen molar-refractivity contribution < 1.29 is 24.2 Å². The Kier molecular flexibility index (Phi) is 7.43. The van der Waals surface area contributed by atoms with E-state index in [-0.39, 0.29) is 18.7 Å². The van der Waals surface area contributed by atoms with Gasteiger partial charge in [0.2, 0.25) is 5.91 Å². The minimum Gasteiger partial charge on any atom is -0.480 e. The molecule has 0 bridgehead atoms. The van der Waals surface area contributed by atoms with Crippen molar-refractivity contribution in [1.82, 2.24) is 5.32 Å². The maximum absolute atomic E-state index is 11.8. The third kappa shape index (κ3) is 6.27. The Morgan fingerprint density at radius 2 is 2.00 bits per heavy atom. The van der Waals surface area contributed by atoms with E-state index in [0.717, 1.165) is 24.3 Å². The van der Waals surface area contributed by atoms with Crippen LogP contribution in [0.5, 0.6) is 0 Å². The second-order valence-corrected chi connectivity index (χ2v) is 6.06. The molecule has 114 valence electrons. The Bertz CT molecular complexity index is 355. The summed E-state index contributed by atoms with van der Waals surface area (Å²) in [6.45, 7) is 0. The fourth-order valence-electron chi connectivity index (χ4n) is 2.09. The number of aliphatic carboxylic acids is 1. The lowest BCUT2D eigenvalue weighted by molar-refractivity contribution is -0.144. The number of thioether (sulfide) groups is 1. The van der Waals surface area contributed by atoms with Gasteiger partial charge in [0.25, 0.3) is 0 Å². The molecule has 2 N–H and O–H groups in total. The molecule has 1 rings (SSSR count). The van der Waals surface area contributed by atoms with Crippen molar-refractivity contribution >= 4 is 29.6 Å². The molecule has 1 saturated heterocycles. The molecular formula is C13H21NO5S. The summed E-state index contributed by atoms with van der Waals surface area (Å²) in [5, 5.41) is 11.5. The molecule has 1 aliphatic heterocycles. The number of esters is 1. The summed E-state index contributed by atoms with van der Waals surface area (Å²) in [4.78, 5) is 33.9. The zero-order valence-corrected chi connectivity index (χ0v) is 12.4. The number of nitrogens with one attached hydrogen (secondary N) is 1. The van der Waals surface area contributed by atoms with E-state index in [4.69, 9.17) is 5.11 Å². The lowest BCUT2D eigenvalue weighted by Crippen LogP contribution is -2.41. The van der Waals surface area contributed by atoms with Gasteiger partial charge in [-0.3, -0.25) is 9.59 Å². The van der Waals surface area contributed by atoms with E-state index in [1.54, 1.807) is 0 Å². The molecule has 0 aromatic carbocycles. The number of carbonyl (C=O) groups excluding carboxylic acids is 2.